The number of primary amides is 1. The molecule has 0 radical (unpaired) electrons. The highest BCUT2D eigenvalue weighted by atomic mass is 32.2. The average Bonchev–Trinajstić information content (AvgIpc) is 3.01. The van der Waals surface area contributed by atoms with Crippen molar-refractivity contribution in [3.8, 4) is 5.69 Å². The highest BCUT2D eigenvalue weighted by Crippen LogP contribution is 2.25. The number of amides is 1. The average molecular weight is 338 g/mol. The van der Waals surface area contributed by atoms with E-state index in [0.717, 1.165) is 22.2 Å². The van der Waals surface area contributed by atoms with Gasteiger partial charge in [-0.25, -0.2) is 0 Å². The van der Waals surface area contributed by atoms with Crippen LogP contribution in [-0.4, -0.2) is 20.7 Å². The Hall–Kier alpha value is -2.60. The molecule has 0 unspecified atom stereocenters. The van der Waals surface area contributed by atoms with E-state index < -0.39 is 5.91 Å². The Morgan fingerprint density at radius 1 is 1.17 bits per heavy atom. The number of hydrogen-bond donors (Lipinski definition) is 1. The fraction of sp³-hybridized carbons (Fsp3) is 0.167. The Bertz CT molecular complexity index is 871. The fourth-order valence-corrected chi connectivity index (χ4v) is 3.35. The monoisotopic (exact) mass is 338 g/mol. The van der Waals surface area contributed by atoms with E-state index in [4.69, 9.17) is 5.73 Å². The molecule has 0 saturated carbocycles. The van der Waals surface area contributed by atoms with Crippen LogP contribution in [0.3, 0.4) is 0 Å². The third kappa shape index (κ3) is 3.49. The van der Waals surface area contributed by atoms with Crippen molar-refractivity contribution < 1.29 is 4.79 Å². The quantitative estimate of drug-likeness (QED) is 0.725. The molecule has 122 valence electrons. The summed E-state index contributed by atoms with van der Waals surface area (Å²) in [5.41, 5.74) is 10.4. The topological polar surface area (TPSA) is 73.8 Å². The maximum atomic E-state index is 11.1. The predicted molar refractivity (Wildman–Crippen MR) is 95.4 cm³/mol. The Kier molecular flexibility index (Phi) is 4.66. The molecule has 0 aliphatic carbocycles. The minimum atomic E-state index is -0.413. The van der Waals surface area contributed by atoms with Gasteiger partial charge >= 0.3 is 0 Å². The lowest BCUT2D eigenvalue weighted by Crippen LogP contribution is -2.10. The second-order valence-electron chi connectivity index (χ2n) is 5.62. The molecule has 0 aliphatic rings. The molecule has 1 amide bonds. The van der Waals surface area contributed by atoms with Gasteiger partial charge in [-0.2, -0.15) is 0 Å². The standard InChI is InChI=1S/C18H18N4OS/c1-12-3-8-16(13(2)9-12)22-11-20-21-18(22)24-10-14-4-6-15(7-5-14)17(19)23/h3-9,11H,10H2,1-2H3,(H2,19,23). The van der Waals surface area contributed by atoms with E-state index in [-0.39, 0.29) is 0 Å². The third-order valence-electron chi connectivity index (χ3n) is 3.73. The SMILES string of the molecule is Cc1ccc(-n2cnnc2SCc2ccc(C(N)=O)cc2)c(C)c1. The van der Waals surface area contributed by atoms with E-state index >= 15 is 0 Å². The van der Waals surface area contributed by atoms with Crippen LogP contribution in [0.4, 0.5) is 0 Å². The predicted octanol–water partition coefficient (Wildman–Crippen LogP) is 3.28. The van der Waals surface area contributed by atoms with E-state index in [9.17, 15) is 4.79 Å². The van der Waals surface area contributed by atoms with Gasteiger partial charge in [0.15, 0.2) is 5.16 Å². The van der Waals surface area contributed by atoms with Crippen LogP contribution in [0.5, 0.6) is 0 Å². The summed E-state index contributed by atoms with van der Waals surface area (Å²) in [4.78, 5) is 11.1. The van der Waals surface area contributed by atoms with E-state index in [0.29, 0.717) is 5.56 Å². The molecule has 0 aliphatic heterocycles. The van der Waals surface area contributed by atoms with Crippen LogP contribution in [0.15, 0.2) is 53.9 Å². The van der Waals surface area contributed by atoms with Crippen LogP contribution in [0.25, 0.3) is 5.69 Å². The second-order valence-corrected chi connectivity index (χ2v) is 6.57. The van der Waals surface area contributed by atoms with Crippen molar-refractivity contribution in [3.63, 3.8) is 0 Å². The first-order valence-corrected chi connectivity index (χ1v) is 8.52. The maximum Gasteiger partial charge on any atom is 0.248 e. The summed E-state index contributed by atoms with van der Waals surface area (Å²) >= 11 is 1.60. The van der Waals surface area contributed by atoms with Crippen LogP contribution >= 0.6 is 11.8 Å². The molecule has 6 heteroatoms. The number of carbonyl (C=O) groups excluding carboxylic acids is 1. The summed E-state index contributed by atoms with van der Waals surface area (Å²) in [6, 6.07) is 13.6. The second kappa shape index (κ2) is 6.88. The number of aromatic nitrogens is 3. The summed E-state index contributed by atoms with van der Waals surface area (Å²) in [5.74, 6) is 0.326. The minimum absolute atomic E-state index is 0.413. The summed E-state index contributed by atoms with van der Waals surface area (Å²) < 4.78 is 2.00. The summed E-state index contributed by atoms with van der Waals surface area (Å²) in [7, 11) is 0. The van der Waals surface area contributed by atoms with E-state index in [1.165, 1.54) is 11.1 Å². The van der Waals surface area contributed by atoms with E-state index in [2.05, 4.69) is 42.2 Å². The lowest BCUT2D eigenvalue weighted by Gasteiger charge is -2.10. The zero-order valence-corrected chi connectivity index (χ0v) is 14.4. The molecule has 3 aromatic rings. The molecule has 2 N–H and O–H groups in total. The zero-order valence-electron chi connectivity index (χ0n) is 13.6. The van der Waals surface area contributed by atoms with E-state index in [1.54, 1.807) is 30.2 Å². The third-order valence-corrected chi connectivity index (χ3v) is 4.75. The molecule has 5 nitrogen and oxygen atoms in total. The van der Waals surface area contributed by atoms with Crippen molar-refractivity contribution in [1.29, 1.82) is 0 Å². The Morgan fingerprint density at radius 2 is 1.92 bits per heavy atom. The normalized spacial score (nSPS) is 10.8. The van der Waals surface area contributed by atoms with Crippen molar-refractivity contribution in [3.05, 3.63) is 71.0 Å². The van der Waals surface area contributed by atoms with Gasteiger partial charge in [-0.1, -0.05) is 41.6 Å². The Balaban J connectivity index is 1.77. The molecule has 2 aromatic carbocycles. The molecule has 1 heterocycles. The zero-order chi connectivity index (χ0) is 17.1. The van der Waals surface area contributed by atoms with Gasteiger partial charge in [-0.3, -0.25) is 9.36 Å². The first-order valence-electron chi connectivity index (χ1n) is 7.54. The highest BCUT2D eigenvalue weighted by Gasteiger charge is 2.10. The number of carbonyl (C=O) groups is 1. The van der Waals surface area contributed by atoms with Crippen molar-refractivity contribution in [2.75, 3.05) is 0 Å². The van der Waals surface area contributed by atoms with Gasteiger partial charge in [0.25, 0.3) is 0 Å². The number of nitrogens with two attached hydrogens (primary N) is 1. The molecule has 0 spiro atoms. The van der Waals surface area contributed by atoms with Gasteiger partial charge in [0.2, 0.25) is 5.91 Å². The van der Waals surface area contributed by atoms with Crippen molar-refractivity contribution in [1.82, 2.24) is 14.8 Å². The molecule has 0 fully saturated rings. The van der Waals surface area contributed by atoms with Crippen molar-refractivity contribution in [2.24, 2.45) is 5.73 Å². The highest BCUT2D eigenvalue weighted by molar-refractivity contribution is 7.98. The van der Waals surface area contributed by atoms with Crippen molar-refractivity contribution >= 4 is 17.7 Å². The summed E-state index contributed by atoms with van der Waals surface area (Å²) in [5, 5.41) is 9.10. The number of rotatable bonds is 5. The van der Waals surface area contributed by atoms with Crippen molar-refractivity contribution in [2.45, 2.75) is 24.8 Å². The molecule has 0 atom stereocenters. The van der Waals surface area contributed by atoms with Gasteiger partial charge < -0.3 is 5.73 Å². The lowest BCUT2D eigenvalue weighted by atomic mass is 10.1. The van der Waals surface area contributed by atoms with Gasteiger partial charge in [0.05, 0.1) is 5.69 Å². The fourth-order valence-electron chi connectivity index (χ4n) is 2.48. The molecular formula is C18H18N4OS. The van der Waals surface area contributed by atoms with Gasteiger partial charge in [0, 0.05) is 11.3 Å². The first kappa shape index (κ1) is 16.3. The largest absolute Gasteiger partial charge is 0.366 e. The van der Waals surface area contributed by atoms with Crippen LogP contribution < -0.4 is 5.73 Å². The molecule has 0 bridgehead atoms. The first-order chi connectivity index (χ1) is 11.5. The Morgan fingerprint density at radius 3 is 2.58 bits per heavy atom. The van der Waals surface area contributed by atoms with Crippen LogP contribution in [0.2, 0.25) is 0 Å². The van der Waals surface area contributed by atoms with Gasteiger partial charge in [-0.05, 0) is 43.2 Å². The smallest absolute Gasteiger partial charge is 0.248 e. The lowest BCUT2D eigenvalue weighted by molar-refractivity contribution is 0.100. The number of thioether (sulfide) groups is 1. The van der Waals surface area contributed by atoms with Crippen LogP contribution in [-0.2, 0) is 5.75 Å². The Labute approximate surface area is 144 Å². The van der Waals surface area contributed by atoms with E-state index in [1.807, 2.05) is 16.7 Å². The van der Waals surface area contributed by atoms with Gasteiger partial charge in [-0.15, -0.1) is 10.2 Å². The summed E-state index contributed by atoms with van der Waals surface area (Å²) in [6.07, 6.45) is 1.73. The van der Waals surface area contributed by atoms with Gasteiger partial charge in [0.1, 0.15) is 6.33 Å². The maximum absolute atomic E-state index is 11.1. The molecule has 3 rings (SSSR count). The number of benzene rings is 2. The minimum Gasteiger partial charge on any atom is -0.366 e. The molecule has 1 aromatic heterocycles. The van der Waals surface area contributed by atoms with Crippen LogP contribution in [0, 0.1) is 13.8 Å². The number of aryl methyl sites for hydroxylation is 2. The molecular weight excluding hydrogens is 320 g/mol. The molecule has 24 heavy (non-hydrogen) atoms. The van der Waals surface area contributed by atoms with Crippen LogP contribution in [0.1, 0.15) is 27.0 Å². The summed E-state index contributed by atoms with van der Waals surface area (Å²) in [6.45, 7) is 4.16. The number of nitrogens with zero attached hydrogens (tertiary/aromatic N) is 3. The molecule has 0 saturated heterocycles. The number of hydrogen-bond acceptors (Lipinski definition) is 4.